The number of fused-ring (bicyclic) bond motifs is 3. The molecule has 0 radical (unpaired) electrons. The third kappa shape index (κ3) is 1.90. The van der Waals surface area contributed by atoms with Crippen LogP contribution in [0.15, 0.2) is 42.7 Å². The Morgan fingerprint density at radius 2 is 2.25 bits per heavy atom. The van der Waals surface area contributed by atoms with E-state index in [1.54, 1.807) is 6.08 Å². The Bertz CT molecular complexity index is 725. The molecule has 0 unspecified atom stereocenters. The zero-order chi connectivity index (χ0) is 14.1. The normalized spacial score (nSPS) is 16.4. The molecule has 0 saturated carbocycles. The fourth-order valence-corrected chi connectivity index (χ4v) is 2.58. The second-order valence-corrected chi connectivity index (χ2v) is 4.77. The largest absolute Gasteiger partial charge is 0.515 e. The number of ketones is 1. The third-order valence-electron chi connectivity index (χ3n) is 3.56. The van der Waals surface area contributed by atoms with Gasteiger partial charge in [-0.05, 0) is 36.6 Å². The number of Topliss-reactive ketones (excluding diaryl/α,β-unsaturated/α-hetero) is 1. The number of aliphatic hydroxyl groups excluding tert-OH is 1. The maximum absolute atomic E-state index is 12.2. The van der Waals surface area contributed by atoms with Crippen LogP contribution in [0.2, 0.25) is 0 Å². The number of aliphatic hydroxyl groups is 1. The van der Waals surface area contributed by atoms with E-state index in [4.69, 9.17) is 9.84 Å². The van der Waals surface area contributed by atoms with Crippen molar-refractivity contribution in [3.8, 4) is 5.75 Å². The average Bonchev–Trinajstić information content (AvgIpc) is 2.84. The van der Waals surface area contributed by atoms with E-state index in [1.807, 2.05) is 18.2 Å². The summed E-state index contributed by atoms with van der Waals surface area (Å²) in [7, 11) is 0. The second-order valence-electron chi connectivity index (χ2n) is 4.77. The van der Waals surface area contributed by atoms with E-state index in [-0.39, 0.29) is 5.78 Å². The van der Waals surface area contributed by atoms with Gasteiger partial charge in [-0.3, -0.25) is 4.79 Å². The Hall–Kier alpha value is -2.49. The Kier molecular flexibility index (Phi) is 3.06. The van der Waals surface area contributed by atoms with Crippen LogP contribution >= 0.6 is 0 Å². The summed E-state index contributed by atoms with van der Waals surface area (Å²) in [6.07, 6.45) is 3.90. The first-order valence-corrected chi connectivity index (χ1v) is 6.51. The first-order valence-electron chi connectivity index (χ1n) is 6.51. The molecule has 2 N–H and O–H groups in total. The van der Waals surface area contributed by atoms with Crippen molar-refractivity contribution in [3.05, 3.63) is 53.9 Å². The molecule has 102 valence electrons. The molecule has 2 aromatic rings. The van der Waals surface area contributed by atoms with E-state index in [1.165, 1.54) is 0 Å². The van der Waals surface area contributed by atoms with Crippen LogP contribution in [0.3, 0.4) is 0 Å². The number of aromatic amines is 1. The van der Waals surface area contributed by atoms with E-state index in [9.17, 15) is 4.79 Å². The fourth-order valence-electron chi connectivity index (χ4n) is 2.58. The van der Waals surface area contributed by atoms with Crippen LogP contribution in [0.4, 0.5) is 0 Å². The van der Waals surface area contributed by atoms with E-state index >= 15 is 0 Å². The molecular formula is C16H15NO3. The first-order chi connectivity index (χ1) is 9.74. The van der Waals surface area contributed by atoms with Gasteiger partial charge in [0.15, 0.2) is 0 Å². The van der Waals surface area contributed by atoms with Crippen LogP contribution in [0.5, 0.6) is 5.75 Å². The number of allylic oxidation sites excluding steroid dienone is 1. The maximum atomic E-state index is 12.2. The lowest BCUT2D eigenvalue weighted by Gasteiger charge is -2.12. The van der Waals surface area contributed by atoms with Crippen LogP contribution in [0, 0.1) is 0 Å². The van der Waals surface area contributed by atoms with Gasteiger partial charge in [-0.15, -0.1) is 0 Å². The summed E-state index contributed by atoms with van der Waals surface area (Å²) >= 11 is 0. The maximum Gasteiger partial charge on any atom is 0.208 e. The predicted octanol–water partition coefficient (Wildman–Crippen LogP) is 3.30. The molecule has 1 aromatic carbocycles. The van der Waals surface area contributed by atoms with Crippen molar-refractivity contribution in [3.63, 3.8) is 0 Å². The molecule has 0 atom stereocenters. The van der Waals surface area contributed by atoms with Gasteiger partial charge in [0.2, 0.25) is 5.78 Å². The molecular weight excluding hydrogens is 254 g/mol. The highest BCUT2D eigenvalue weighted by molar-refractivity contribution is 6.12. The molecule has 1 aliphatic carbocycles. The summed E-state index contributed by atoms with van der Waals surface area (Å²) in [6.45, 7) is 4.07. The first kappa shape index (κ1) is 12.5. The molecule has 4 heteroatoms. The lowest BCUT2D eigenvalue weighted by Crippen LogP contribution is -2.13. The molecule has 1 aromatic heterocycles. The van der Waals surface area contributed by atoms with Crippen molar-refractivity contribution < 1.29 is 14.6 Å². The van der Waals surface area contributed by atoms with Crippen molar-refractivity contribution in [1.82, 2.24) is 4.98 Å². The second kappa shape index (κ2) is 4.89. The van der Waals surface area contributed by atoms with Crippen LogP contribution in [0.1, 0.15) is 22.5 Å². The Morgan fingerprint density at radius 1 is 1.40 bits per heavy atom. The van der Waals surface area contributed by atoms with Gasteiger partial charge in [0.25, 0.3) is 0 Å². The van der Waals surface area contributed by atoms with Crippen molar-refractivity contribution in [2.45, 2.75) is 12.8 Å². The molecule has 3 rings (SSSR count). The zero-order valence-corrected chi connectivity index (χ0v) is 11.0. The molecule has 1 aliphatic rings. The number of benzene rings is 1. The smallest absolute Gasteiger partial charge is 0.208 e. The molecule has 0 bridgehead atoms. The zero-order valence-electron chi connectivity index (χ0n) is 11.0. The quantitative estimate of drug-likeness (QED) is 0.510. The topological polar surface area (TPSA) is 62.3 Å². The highest BCUT2D eigenvalue weighted by Gasteiger charge is 2.26. The molecule has 0 amide bonds. The van der Waals surface area contributed by atoms with E-state index in [0.29, 0.717) is 24.3 Å². The van der Waals surface area contributed by atoms with E-state index in [0.717, 1.165) is 34.9 Å². The number of hydrogen-bond donors (Lipinski definition) is 2. The summed E-state index contributed by atoms with van der Waals surface area (Å²) < 4.78 is 5.52. The Morgan fingerprint density at radius 3 is 3.00 bits per heavy atom. The Balaban J connectivity index is 2.09. The van der Waals surface area contributed by atoms with Gasteiger partial charge in [0.05, 0.1) is 12.0 Å². The molecule has 4 nitrogen and oxygen atoms in total. The van der Waals surface area contributed by atoms with Crippen molar-refractivity contribution in [1.29, 1.82) is 0 Å². The van der Waals surface area contributed by atoms with Crippen molar-refractivity contribution >= 4 is 16.7 Å². The van der Waals surface area contributed by atoms with Gasteiger partial charge in [-0.2, -0.15) is 0 Å². The van der Waals surface area contributed by atoms with Crippen LogP contribution < -0.4 is 4.74 Å². The minimum atomic E-state index is -0.126. The number of aromatic nitrogens is 1. The number of hydrogen-bond acceptors (Lipinski definition) is 3. The van der Waals surface area contributed by atoms with Crippen LogP contribution in [0.25, 0.3) is 10.9 Å². The molecule has 20 heavy (non-hydrogen) atoms. The number of nitrogens with one attached hydrogen (secondary N) is 1. The summed E-state index contributed by atoms with van der Waals surface area (Å²) in [5.41, 5.74) is 2.94. The average molecular weight is 269 g/mol. The van der Waals surface area contributed by atoms with Gasteiger partial charge in [-0.1, -0.05) is 12.7 Å². The van der Waals surface area contributed by atoms with Gasteiger partial charge in [-0.25, -0.2) is 0 Å². The van der Waals surface area contributed by atoms with Crippen molar-refractivity contribution in [2.75, 3.05) is 6.61 Å². The summed E-state index contributed by atoms with van der Waals surface area (Å²) in [6, 6.07) is 5.71. The Labute approximate surface area is 116 Å². The number of H-pyrrole nitrogens is 1. The fraction of sp³-hybridized carbons (Fsp3) is 0.188. The molecule has 0 saturated heterocycles. The molecule has 0 spiro atoms. The standard InChI is InChI=1S/C16H15NO3/c1-2-7-20-11-4-6-14-13(8-11)12-5-3-10(9-18)16(19)15(12)17-14/h2,4,6,8-9,17-18H,1,3,5,7H2/b10-9-. The number of rotatable bonds is 3. The van der Waals surface area contributed by atoms with Gasteiger partial charge in [0.1, 0.15) is 12.4 Å². The minimum Gasteiger partial charge on any atom is -0.515 e. The van der Waals surface area contributed by atoms with Crippen LogP contribution in [-0.2, 0) is 6.42 Å². The van der Waals surface area contributed by atoms with Gasteiger partial charge < -0.3 is 14.8 Å². The van der Waals surface area contributed by atoms with Crippen LogP contribution in [-0.4, -0.2) is 22.5 Å². The van der Waals surface area contributed by atoms with E-state index < -0.39 is 0 Å². The summed E-state index contributed by atoms with van der Waals surface area (Å²) in [4.78, 5) is 15.3. The highest BCUT2D eigenvalue weighted by atomic mass is 16.5. The molecule has 0 aliphatic heterocycles. The summed E-state index contributed by atoms with van der Waals surface area (Å²) in [5, 5.41) is 10.1. The number of carbonyl (C=O) groups excluding carboxylic acids is 1. The number of aryl methyl sites for hydroxylation is 1. The minimum absolute atomic E-state index is 0.126. The van der Waals surface area contributed by atoms with Gasteiger partial charge >= 0.3 is 0 Å². The van der Waals surface area contributed by atoms with Crippen molar-refractivity contribution in [2.24, 2.45) is 0 Å². The lowest BCUT2D eigenvalue weighted by molar-refractivity contribution is 0.101. The number of ether oxygens (including phenoxy) is 1. The molecule has 1 heterocycles. The monoisotopic (exact) mass is 269 g/mol. The predicted molar refractivity (Wildman–Crippen MR) is 77.4 cm³/mol. The highest BCUT2D eigenvalue weighted by Crippen LogP contribution is 2.33. The van der Waals surface area contributed by atoms with Gasteiger partial charge in [0, 0.05) is 16.5 Å². The summed E-state index contributed by atoms with van der Waals surface area (Å²) in [5.74, 6) is 0.633. The number of carbonyl (C=O) groups is 1. The third-order valence-corrected chi connectivity index (χ3v) is 3.56. The SMILES string of the molecule is C=CCOc1ccc2[nH]c3c(c2c1)CC/C(=C/O)C3=O. The van der Waals surface area contributed by atoms with E-state index in [2.05, 4.69) is 11.6 Å². The molecule has 0 fully saturated rings. The lowest BCUT2D eigenvalue weighted by atomic mass is 9.91.